The topological polar surface area (TPSA) is 50.9 Å². The molecule has 0 aliphatic carbocycles. The summed E-state index contributed by atoms with van der Waals surface area (Å²) < 4.78 is 7.94. The number of nitrogens with one attached hydrogen (secondary N) is 1. The summed E-state index contributed by atoms with van der Waals surface area (Å²) in [7, 11) is 0. The molecule has 0 saturated carbocycles. The molecule has 0 spiro atoms. The minimum Gasteiger partial charge on any atom is -0.463 e. The van der Waals surface area contributed by atoms with Gasteiger partial charge in [0.2, 0.25) is 5.69 Å². The maximum Gasteiger partial charge on any atom is 0.331 e. The van der Waals surface area contributed by atoms with Crippen molar-refractivity contribution in [1.82, 2.24) is 9.38 Å². The minimum atomic E-state index is -0.416. The third-order valence-corrected chi connectivity index (χ3v) is 8.02. The number of aromatic nitrogens is 2. The number of esters is 1. The number of carbonyl (C=O) groups is 1. The lowest BCUT2D eigenvalue weighted by atomic mass is 9.95. The molecule has 0 radical (unpaired) electrons. The molecule has 5 heteroatoms. The molecule has 0 fully saturated rings. The van der Waals surface area contributed by atoms with E-state index in [4.69, 9.17) is 11.3 Å². The number of hydrogen-bond acceptors (Lipinski definition) is 2. The molecule has 0 bridgehead atoms. The van der Waals surface area contributed by atoms with E-state index in [1.54, 1.807) is 6.20 Å². The average Bonchev–Trinajstić information content (AvgIpc) is 3.56. The zero-order chi connectivity index (χ0) is 28.9. The van der Waals surface area contributed by atoms with E-state index in [2.05, 4.69) is 47.9 Å². The summed E-state index contributed by atoms with van der Waals surface area (Å²) in [4.78, 5) is 20.8. The van der Waals surface area contributed by atoms with E-state index in [9.17, 15) is 4.79 Å². The number of H-pyrrole nitrogens is 1. The standard InChI is InChI=1S/C36H45N3O2/c1-4-6-8-10-11-15-21-28(20-14-9-7-5-2)27-41-36(40)32-31(37-3)26-39-34(30-24-18-13-19-25-30)33(38-35(32)39)29-22-16-12-17-23-29/h12-13,16-19,22-26,28,38H,4-11,14-15,20-21,27H2,1-2H3. The summed E-state index contributed by atoms with van der Waals surface area (Å²) in [6.07, 6.45) is 16.4. The highest BCUT2D eigenvalue weighted by Crippen LogP contribution is 2.38. The quantitative estimate of drug-likeness (QED) is 0.0806. The summed E-state index contributed by atoms with van der Waals surface area (Å²) in [5.41, 5.74) is 5.10. The van der Waals surface area contributed by atoms with Crippen LogP contribution in [0, 0.1) is 12.5 Å². The maximum absolute atomic E-state index is 13.6. The summed E-state index contributed by atoms with van der Waals surface area (Å²) in [6.45, 7) is 12.7. The van der Waals surface area contributed by atoms with Crippen LogP contribution in [0.5, 0.6) is 0 Å². The molecule has 216 valence electrons. The van der Waals surface area contributed by atoms with Crippen molar-refractivity contribution < 1.29 is 9.53 Å². The Morgan fingerprint density at radius 3 is 2.00 bits per heavy atom. The predicted molar refractivity (Wildman–Crippen MR) is 169 cm³/mol. The maximum atomic E-state index is 13.6. The molecular formula is C36H45N3O2. The first kappa shape index (κ1) is 30.2. The number of unbranched alkanes of at least 4 members (excludes halogenated alkanes) is 8. The zero-order valence-corrected chi connectivity index (χ0v) is 24.8. The van der Waals surface area contributed by atoms with Gasteiger partial charge in [0.25, 0.3) is 0 Å². The van der Waals surface area contributed by atoms with Crippen LogP contribution in [0.3, 0.4) is 0 Å². The largest absolute Gasteiger partial charge is 0.463 e. The fourth-order valence-corrected chi connectivity index (χ4v) is 5.72. The number of rotatable bonds is 17. The summed E-state index contributed by atoms with van der Waals surface area (Å²) >= 11 is 0. The Bertz CT molecular complexity index is 1400. The van der Waals surface area contributed by atoms with Gasteiger partial charge in [-0.1, -0.05) is 139 Å². The fraction of sp³-hybridized carbons (Fsp3) is 0.444. The lowest BCUT2D eigenvalue weighted by Gasteiger charge is -2.17. The third-order valence-electron chi connectivity index (χ3n) is 8.02. The van der Waals surface area contributed by atoms with Crippen molar-refractivity contribution in [2.24, 2.45) is 5.92 Å². The van der Waals surface area contributed by atoms with Crippen LogP contribution in [0.25, 0.3) is 33.0 Å². The molecule has 4 aromatic rings. The molecule has 2 aromatic heterocycles. The van der Waals surface area contributed by atoms with Crippen LogP contribution in [0.15, 0.2) is 66.9 Å². The van der Waals surface area contributed by atoms with Gasteiger partial charge in [-0.2, -0.15) is 0 Å². The van der Waals surface area contributed by atoms with Gasteiger partial charge in [0.15, 0.2) is 0 Å². The van der Waals surface area contributed by atoms with Crippen molar-refractivity contribution in [2.45, 2.75) is 90.9 Å². The molecule has 0 saturated heterocycles. The lowest BCUT2D eigenvalue weighted by Crippen LogP contribution is -2.15. The van der Waals surface area contributed by atoms with Gasteiger partial charge in [-0.3, -0.25) is 0 Å². The molecule has 4 rings (SSSR count). The summed E-state index contributed by atoms with van der Waals surface area (Å²) in [5, 5.41) is 0. The van der Waals surface area contributed by atoms with Crippen LogP contribution in [0.1, 0.15) is 101 Å². The van der Waals surface area contributed by atoms with E-state index in [0.717, 1.165) is 35.4 Å². The summed E-state index contributed by atoms with van der Waals surface area (Å²) in [5.74, 6) is -0.0552. The first-order chi connectivity index (χ1) is 20.2. The molecule has 2 heterocycles. The fourth-order valence-electron chi connectivity index (χ4n) is 5.72. The smallest absolute Gasteiger partial charge is 0.331 e. The first-order valence-corrected chi connectivity index (χ1v) is 15.6. The number of nitrogens with zero attached hydrogens (tertiary/aromatic N) is 2. The molecule has 5 nitrogen and oxygen atoms in total. The van der Waals surface area contributed by atoms with Gasteiger partial charge in [-0.25, -0.2) is 9.64 Å². The van der Waals surface area contributed by atoms with Crippen molar-refractivity contribution in [3.8, 4) is 22.5 Å². The molecule has 1 N–H and O–H groups in total. The molecule has 0 aliphatic heterocycles. The Balaban J connectivity index is 1.57. The van der Waals surface area contributed by atoms with E-state index in [1.165, 1.54) is 64.2 Å². The minimum absolute atomic E-state index is 0.313. The second kappa shape index (κ2) is 15.9. The van der Waals surface area contributed by atoms with Gasteiger partial charge < -0.3 is 14.1 Å². The number of ether oxygens (including phenoxy) is 1. The van der Waals surface area contributed by atoms with Gasteiger partial charge in [-0.05, 0) is 18.8 Å². The number of imidazole rings is 1. The van der Waals surface area contributed by atoms with E-state index in [-0.39, 0.29) is 0 Å². The Morgan fingerprint density at radius 1 is 0.829 bits per heavy atom. The van der Waals surface area contributed by atoms with Gasteiger partial charge in [0.05, 0.1) is 24.6 Å². The van der Waals surface area contributed by atoms with Gasteiger partial charge >= 0.3 is 5.97 Å². The Hall–Kier alpha value is -3.78. The van der Waals surface area contributed by atoms with Crippen LogP contribution >= 0.6 is 0 Å². The van der Waals surface area contributed by atoms with E-state index in [0.29, 0.717) is 29.4 Å². The van der Waals surface area contributed by atoms with Crippen molar-refractivity contribution in [2.75, 3.05) is 6.61 Å². The normalized spacial score (nSPS) is 11.9. The van der Waals surface area contributed by atoms with E-state index >= 15 is 0 Å². The highest BCUT2D eigenvalue weighted by molar-refractivity contribution is 6.04. The highest BCUT2D eigenvalue weighted by Gasteiger charge is 2.26. The zero-order valence-electron chi connectivity index (χ0n) is 24.8. The van der Waals surface area contributed by atoms with Crippen LogP contribution in [-0.4, -0.2) is 22.0 Å². The highest BCUT2D eigenvalue weighted by atomic mass is 16.5. The van der Waals surface area contributed by atoms with Crippen LogP contribution < -0.4 is 0 Å². The summed E-state index contributed by atoms with van der Waals surface area (Å²) in [6, 6.07) is 20.2. The Labute approximate surface area is 245 Å². The van der Waals surface area contributed by atoms with Gasteiger partial charge in [0, 0.05) is 17.3 Å². The Morgan fingerprint density at radius 2 is 1.39 bits per heavy atom. The Kier molecular flexibility index (Phi) is 11.7. The number of fused-ring (bicyclic) bond motifs is 1. The van der Waals surface area contributed by atoms with Gasteiger partial charge in [0.1, 0.15) is 11.2 Å². The van der Waals surface area contributed by atoms with Crippen molar-refractivity contribution in [1.29, 1.82) is 0 Å². The predicted octanol–water partition coefficient (Wildman–Crippen LogP) is 10.6. The lowest BCUT2D eigenvalue weighted by molar-refractivity contribution is 0.0425. The number of benzene rings is 2. The van der Waals surface area contributed by atoms with Crippen molar-refractivity contribution >= 4 is 17.3 Å². The molecule has 41 heavy (non-hydrogen) atoms. The molecule has 1 atom stereocenters. The average molecular weight is 552 g/mol. The number of aromatic amines is 1. The third kappa shape index (κ3) is 7.91. The second-order valence-electron chi connectivity index (χ2n) is 11.2. The molecular weight excluding hydrogens is 506 g/mol. The second-order valence-corrected chi connectivity index (χ2v) is 11.2. The van der Waals surface area contributed by atoms with E-state index < -0.39 is 5.97 Å². The molecule has 0 aliphatic rings. The first-order valence-electron chi connectivity index (χ1n) is 15.6. The molecule has 0 amide bonds. The van der Waals surface area contributed by atoms with Crippen LogP contribution in [0.4, 0.5) is 5.69 Å². The van der Waals surface area contributed by atoms with Crippen molar-refractivity contribution in [3.05, 3.63) is 83.8 Å². The van der Waals surface area contributed by atoms with Crippen molar-refractivity contribution in [3.63, 3.8) is 0 Å². The van der Waals surface area contributed by atoms with Gasteiger partial charge in [-0.15, -0.1) is 0 Å². The van der Waals surface area contributed by atoms with Crippen LogP contribution in [-0.2, 0) is 4.74 Å². The number of carbonyl (C=O) groups excluding carboxylic acids is 1. The van der Waals surface area contributed by atoms with E-state index in [1.807, 2.05) is 40.8 Å². The monoisotopic (exact) mass is 551 g/mol. The SMILES string of the molecule is [C-]#[N+]c1cn2c(-c3ccccc3)c(-c3ccccc3)[nH]c2c1C(=O)OCC(CCCCCC)CCCCCCCC. The molecule has 1 unspecified atom stereocenters. The van der Waals surface area contributed by atoms with Crippen LogP contribution in [0.2, 0.25) is 0 Å². The molecule has 2 aromatic carbocycles. The number of hydrogen-bond donors (Lipinski definition) is 1.